The predicted octanol–water partition coefficient (Wildman–Crippen LogP) is 3.66. The Kier molecular flexibility index (Phi) is 3.70. The first-order valence-electron chi connectivity index (χ1n) is 6.44. The SMILES string of the molecule is Cc1ccc(C(=O)NC(C)(C)c2ccccc2)cc1. The summed E-state index contributed by atoms with van der Waals surface area (Å²) in [6.07, 6.45) is 0. The fraction of sp³-hybridized carbons (Fsp3) is 0.235. The van der Waals surface area contributed by atoms with Gasteiger partial charge >= 0.3 is 0 Å². The number of aryl methyl sites for hydroxylation is 1. The standard InChI is InChI=1S/C17H19NO/c1-13-9-11-14(12-10-13)16(19)18-17(2,3)15-7-5-4-6-8-15/h4-12H,1-3H3,(H,18,19). The van der Waals surface area contributed by atoms with Gasteiger partial charge in [0, 0.05) is 5.56 Å². The van der Waals surface area contributed by atoms with Crippen molar-refractivity contribution < 1.29 is 4.79 Å². The van der Waals surface area contributed by atoms with Crippen LogP contribution in [0.3, 0.4) is 0 Å². The van der Waals surface area contributed by atoms with Gasteiger partial charge in [0.15, 0.2) is 0 Å². The van der Waals surface area contributed by atoms with Crippen LogP contribution >= 0.6 is 0 Å². The normalized spacial score (nSPS) is 11.1. The summed E-state index contributed by atoms with van der Waals surface area (Å²) in [5, 5.41) is 3.07. The molecule has 0 saturated heterocycles. The van der Waals surface area contributed by atoms with Crippen LogP contribution in [0.15, 0.2) is 54.6 Å². The zero-order chi connectivity index (χ0) is 13.9. The molecule has 0 heterocycles. The third-order valence-corrected chi connectivity index (χ3v) is 3.24. The molecule has 2 rings (SSSR count). The third kappa shape index (κ3) is 3.22. The van der Waals surface area contributed by atoms with Crippen LogP contribution in [0, 0.1) is 6.92 Å². The van der Waals surface area contributed by atoms with E-state index in [4.69, 9.17) is 0 Å². The minimum atomic E-state index is -0.386. The van der Waals surface area contributed by atoms with Gasteiger partial charge in [0.05, 0.1) is 5.54 Å². The molecule has 98 valence electrons. The lowest BCUT2D eigenvalue weighted by atomic mass is 9.94. The Morgan fingerprint density at radius 2 is 1.53 bits per heavy atom. The highest BCUT2D eigenvalue weighted by Crippen LogP contribution is 2.20. The molecule has 2 nitrogen and oxygen atoms in total. The molecule has 0 aliphatic heterocycles. The molecule has 0 aliphatic carbocycles. The van der Waals surface area contributed by atoms with Gasteiger partial charge < -0.3 is 5.32 Å². The van der Waals surface area contributed by atoms with Crippen LogP contribution < -0.4 is 5.32 Å². The first-order chi connectivity index (χ1) is 8.99. The molecule has 2 aromatic carbocycles. The van der Waals surface area contributed by atoms with E-state index in [0.717, 1.165) is 11.1 Å². The molecule has 0 atom stereocenters. The molecule has 0 aliphatic rings. The maximum atomic E-state index is 12.2. The van der Waals surface area contributed by atoms with Gasteiger partial charge in [0.1, 0.15) is 0 Å². The third-order valence-electron chi connectivity index (χ3n) is 3.24. The maximum absolute atomic E-state index is 12.2. The van der Waals surface area contributed by atoms with Crippen LogP contribution in [0.4, 0.5) is 0 Å². The van der Waals surface area contributed by atoms with Crippen LogP contribution in [-0.2, 0) is 5.54 Å². The molecule has 0 aromatic heterocycles. The van der Waals surface area contributed by atoms with E-state index in [0.29, 0.717) is 5.56 Å². The van der Waals surface area contributed by atoms with E-state index in [1.165, 1.54) is 0 Å². The van der Waals surface area contributed by atoms with Gasteiger partial charge in [-0.25, -0.2) is 0 Å². The van der Waals surface area contributed by atoms with Crippen LogP contribution in [0.1, 0.15) is 35.3 Å². The van der Waals surface area contributed by atoms with Gasteiger partial charge in [-0.3, -0.25) is 4.79 Å². The van der Waals surface area contributed by atoms with Gasteiger partial charge in [-0.2, -0.15) is 0 Å². The number of rotatable bonds is 3. The van der Waals surface area contributed by atoms with Crippen molar-refractivity contribution in [3.63, 3.8) is 0 Å². The summed E-state index contributed by atoms with van der Waals surface area (Å²) in [5.74, 6) is -0.0474. The molecule has 0 saturated carbocycles. The van der Waals surface area contributed by atoms with Crippen molar-refractivity contribution in [1.82, 2.24) is 5.32 Å². The molecule has 0 unspecified atom stereocenters. The highest BCUT2D eigenvalue weighted by molar-refractivity contribution is 5.94. The number of nitrogens with one attached hydrogen (secondary N) is 1. The number of carbonyl (C=O) groups is 1. The number of benzene rings is 2. The molecular formula is C17H19NO. The second kappa shape index (κ2) is 5.27. The first kappa shape index (κ1) is 13.3. The van der Waals surface area contributed by atoms with Gasteiger partial charge in [0.2, 0.25) is 0 Å². The fourth-order valence-electron chi connectivity index (χ4n) is 1.99. The second-order valence-electron chi connectivity index (χ2n) is 5.31. The van der Waals surface area contributed by atoms with Crippen molar-refractivity contribution in [3.05, 3.63) is 71.3 Å². The Hall–Kier alpha value is -2.09. The molecule has 1 N–H and O–H groups in total. The monoisotopic (exact) mass is 253 g/mol. The van der Waals surface area contributed by atoms with Gasteiger partial charge in [-0.05, 0) is 38.5 Å². The molecule has 0 fully saturated rings. The molecule has 1 amide bonds. The average Bonchev–Trinajstić information content (AvgIpc) is 2.40. The van der Waals surface area contributed by atoms with E-state index < -0.39 is 0 Å². The van der Waals surface area contributed by atoms with Crippen molar-refractivity contribution in [2.45, 2.75) is 26.3 Å². The van der Waals surface area contributed by atoms with Crippen LogP contribution in [-0.4, -0.2) is 5.91 Å². The molecule has 2 aromatic rings. The van der Waals surface area contributed by atoms with Crippen molar-refractivity contribution >= 4 is 5.91 Å². The number of hydrogen-bond acceptors (Lipinski definition) is 1. The van der Waals surface area contributed by atoms with E-state index in [1.807, 2.05) is 75.4 Å². The number of hydrogen-bond donors (Lipinski definition) is 1. The summed E-state index contributed by atoms with van der Waals surface area (Å²) >= 11 is 0. The molecule has 0 radical (unpaired) electrons. The molecule has 19 heavy (non-hydrogen) atoms. The van der Waals surface area contributed by atoms with Gasteiger partial charge in [-0.15, -0.1) is 0 Å². The quantitative estimate of drug-likeness (QED) is 0.888. The summed E-state index contributed by atoms with van der Waals surface area (Å²) in [6, 6.07) is 17.6. The number of amides is 1. The molecule has 0 bridgehead atoms. The Labute approximate surface area is 114 Å². The predicted molar refractivity (Wildman–Crippen MR) is 78.1 cm³/mol. The minimum Gasteiger partial charge on any atom is -0.343 e. The Morgan fingerprint density at radius 3 is 2.11 bits per heavy atom. The van der Waals surface area contributed by atoms with E-state index >= 15 is 0 Å². The van der Waals surface area contributed by atoms with Crippen LogP contribution in [0.25, 0.3) is 0 Å². The smallest absolute Gasteiger partial charge is 0.251 e. The Balaban J connectivity index is 2.16. The van der Waals surface area contributed by atoms with Crippen molar-refractivity contribution in [2.24, 2.45) is 0 Å². The second-order valence-corrected chi connectivity index (χ2v) is 5.31. The lowest BCUT2D eigenvalue weighted by Gasteiger charge is -2.27. The summed E-state index contributed by atoms with van der Waals surface area (Å²) in [5.41, 5.74) is 2.55. The van der Waals surface area contributed by atoms with Crippen molar-refractivity contribution in [2.75, 3.05) is 0 Å². The topological polar surface area (TPSA) is 29.1 Å². The zero-order valence-corrected chi connectivity index (χ0v) is 11.6. The van der Waals surface area contributed by atoms with Gasteiger partial charge in [-0.1, -0.05) is 48.0 Å². The summed E-state index contributed by atoms with van der Waals surface area (Å²) in [4.78, 5) is 12.2. The fourth-order valence-corrected chi connectivity index (χ4v) is 1.99. The van der Waals surface area contributed by atoms with Crippen molar-refractivity contribution in [1.29, 1.82) is 0 Å². The average molecular weight is 253 g/mol. The maximum Gasteiger partial charge on any atom is 0.251 e. The summed E-state index contributed by atoms with van der Waals surface area (Å²) < 4.78 is 0. The van der Waals surface area contributed by atoms with Crippen LogP contribution in [0.2, 0.25) is 0 Å². The largest absolute Gasteiger partial charge is 0.343 e. The highest BCUT2D eigenvalue weighted by atomic mass is 16.1. The molecule has 0 spiro atoms. The first-order valence-corrected chi connectivity index (χ1v) is 6.44. The minimum absolute atomic E-state index is 0.0474. The Bertz CT molecular complexity index is 556. The lowest BCUT2D eigenvalue weighted by Crippen LogP contribution is -2.40. The van der Waals surface area contributed by atoms with E-state index in [1.54, 1.807) is 0 Å². The zero-order valence-electron chi connectivity index (χ0n) is 11.6. The van der Waals surface area contributed by atoms with Crippen LogP contribution in [0.5, 0.6) is 0 Å². The molecule has 2 heteroatoms. The van der Waals surface area contributed by atoms with Gasteiger partial charge in [0.25, 0.3) is 5.91 Å². The highest BCUT2D eigenvalue weighted by Gasteiger charge is 2.22. The van der Waals surface area contributed by atoms with E-state index in [2.05, 4.69) is 5.32 Å². The lowest BCUT2D eigenvalue weighted by molar-refractivity contribution is 0.0912. The summed E-state index contributed by atoms with van der Waals surface area (Å²) in [6.45, 7) is 6.03. The Morgan fingerprint density at radius 1 is 0.947 bits per heavy atom. The van der Waals surface area contributed by atoms with Crippen molar-refractivity contribution in [3.8, 4) is 0 Å². The summed E-state index contributed by atoms with van der Waals surface area (Å²) in [7, 11) is 0. The number of carbonyl (C=O) groups excluding carboxylic acids is 1. The van der Waals surface area contributed by atoms with E-state index in [-0.39, 0.29) is 11.4 Å². The van der Waals surface area contributed by atoms with E-state index in [9.17, 15) is 4.79 Å². The molecular weight excluding hydrogens is 234 g/mol.